The molecule has 1 aliphatic rings. The summed E-state index contributed by atoms with van der Waals surface area (Å²) in [6, 6.07) is 12.5. The van der Waals surface area contributed by atoms with Crippen LogP contribution in [-0.4, -0.2) is 27.8 Å². The van der Waals surface area contributed by atoms with Gasteiger partial charge < -0.3 is 9.15 Å². The lowest BCUT2D eigenvalue weighted by Gasteiger charge is -2.22. The van der Waals surface area contributed by atoms with Crippen LogP contribution >= 0.6 is 23.6 Å². The maximum Gasteiger partial charge on any atom is 0.288 e. The Bertz CT molecular complexity index is 917. The van der Waals surface area contributed by atoms with E-state index >= 15 is 0 Å². The molecule has 4 rings (SSSR count). The fourth-order valence-corrected chi connectivity index (χ4v) is 4.47. The molecule has 2 aromatic heterocycles. The highest BCUT2D eigenvalue weighted by Gasteiger charge is 2.27. The molecule has 0 unspecified atom stereocenters. The Morgan fingerprint density at radius 2 is 2.19 bits per heavy atom. The van der Waals surface area contributed by atoms with Gasteiger partial charge in [-0.25, -0.2) is 4.68 Å². The van der Waals surface area contributed by atoms with Gasteiger partial charge in [0.15, 0.2) is 0 Å². The molecule has 1 atom stereocenters. The molecule has 1 aromatic carbocycles. The summed E-state index contributed by atoms with van der Waals surface area (Å²) in [4.78, 5) is 4.21. The molecule has 0 saturated carbocycles. The van der Waals surface area contributed by atoms with Crippen molar-refractivity contribution in [2.24, 2.45) is 0 Å². The van der Waals surface area contributed by atoms with E-state index in [0.717, 1.165) is 17.9 Å². The third-order valence-corrected chi connectivity index (χ3v) is 5.84. The molecular weight excluding hydrogens is 366 g/mol. The molecule has 0 N–H and O–H groups in total. The summed E-state index contributed by atoms with van der Waals surface area (Å²) in [6.45, 7) is 4.24. The SMILES string of the molecule is CCOc1ccccc1-c1nn(CN2CCC[C@@H]2c2cccs2)c(=S)o1. The summed E-state index contributed by atoms with van der Waals surface area (Å²) in [5.41, 5.74) is 0.829. The molecule has 0 radical (unpaired) electrons. The van der Waals surface area contributed by atoms with Crippen molar-refractivity contribution in [2.45, 2.75) is 32.5 Å². The Morgan fingerprint density at radius 1 is 1.31 bits per heavy atom. The summed E-state index contributed by atoms with van der Waals surface area (Å²) in [7, 11) is 0. The van der Waals surface area contributed by atoms with Crippen molar-refractivity contribution in [3.8, 4) is 17.2 Å². The first kappa shape index (κ1) is 17.5. The van der Waals surface area contributed by atoms with Crippen LogP contribution in [0.3, 0.4) is 0 Å². The smallest absolute Gasteiger partial charge is 0.288 e. The fraction of sp³-hybridized carbons (Fsp3) is 0.368. The van der Waals surface area contributed by atoms with Crippen molar-refractivity contribution in [3.05, 3.63) is 51.5 Å². The van der Waals surface area contributed by atoms with E-state index < -0.39 is 0 Å². The lowest BCUT2D eigenvalue weighted by Crippen LogP contribution is -2.26. The highest BCUT2D eigenvalue weighted by molar-refractivity contribution is 7.71. The zero-order chi connectivity index (χ0) is 17.9. The van der Waals surface area contributed by atoms with Gasteiger partial charge in [0, 0.05) is 17.5 Å². The van der Waals surface area contributed by atoms with Crippen molar-refractivity contribution < 1.29 is 9.15 Å². The number of thiophene rings is 1. The van der Waals surface area contributed by atoms with Gasteiger partial charge in [-0.3, -0.25) is 4.90 Å². The molecule has 0 spiro atoms. The van der Waals surface area contributed by atoms with E-state index in [1.807, 2.05) is 42.5 Å². The highest BCUT2D eigenvalue weighted by Crippen LogP contribution is 2.35. The van der Waals surface area contributed by atoms with Gasteiger partial charge in [-0.2, -0.15) is 0 Å². The quantitative estimate of drug-likeness (QED) is 0.549. The summed E-state index contributed by atoms with van der Waals surface area (Å²) in [5.74, 6) is 1.27. The van der Waals surface area contributed by atoms with Crippen molar-refractivity contribution in [3.63, 3.8) is 0 Å². The Morgan fingerprint density at radius 3 is 3.00 bits per heavy atom. The second-order valence-electron chi connectivity index (χ2n) is 6.23. The number of benzene rings is 1. The van der Waals surface area contributed by atoms with E-state index in [4.69, 9.17) is 21.4 Å². The molecule has 136 valence electrons. The van der Waals surface area contributed by atoms with E-state index in [1.165, 1.54) is 17.7 Å². The van der Waals surface area contributed by atoms with E-state index in [2.05, 4.69) is 27.5 Å². The van der Waals surface area contributed by atoms with Crippen molar-refractivity contribution >= 4 is 23.6 Å². The zero-order valence-corrected chi connectivity index (χ0v) is 16.3. The van der Waals surface area contributed by atoms with Crippen LogP contribution < -0.4 is 4.74 Å². The van der Waals surface area contributed by atoms with Crippen molar-refractivity contribution in [1.82, 2.24) is 14.7 Å². The molecular formula is C19H21N3O2S2. The topological polar surface area (TPSA) is 43.4 Å². The molecule has 5 nitrogen and oxygen atoms in total. The largest absolute Gasteiger partial charge is 0.493 e. The Labute approximate surface area is 161 Å². The number of aromatic nitrogens is 2. The predicted molar refractivity (Wildman–Crippen MR) is 105 cm³/mol. The molecule has 1 saturated heterocycles. The number of likely N-dealkylation sites (tertiary alicyclic amines) is 1. The molecule has 1 aliphatic heterocycles. The zero-order valence-electron chi connectivity index (χ0n) is 14.6. The van der Waals surface area contributed by atoms with Gasteiger partial charge in [0.2, 0.25) is 0 Å². The van der Waals surface area contributed by atoms with Crippen LogP contribution in [0.15, 0.2) is 46.2 Å². The van der Waals surface area contributed by atoms with Crippen LogP contribution in [0.2, 0.25) is 0 Å². The van der Waals surface area contributed by atoms with Gasteiger partial charge >= 0.3 is 0 Å². The summed E-state index contributed by atoms with van der Waals surface area (Å²) < 4.78 is 13.3. The first-order valence-electron chi connectivity index (χ1n) is 8.84. The van der Waals surface area contributed by atoms with Gasteiger partial charge in [-0.15, -0.1) is 16.4 Å². The van der Waals surface area contributed by atoms with Gasteiger partial charge in [-0.1, -0.05) is 18.2 Å². The molecule has 3 aromatic rings. The summed E-state index contributed by atoms with van der Waals surface area (Å²) >= 11 is 7.23. The van der Waals surface area contributed by atoms with Gasteiger partial charge in [0.25, 0.3) is 10.7 Å². The van der Waals surface area contributed by atoms with E-state index in [0.29, 0.717) is 30.0 Å². The first-order chi connectivity index (χ1) is 12.8. The molecule has 0 bridgehead atoms. The molecule has 1 fully saturated rings. The third-order valence-electron chi connectivity index (χ3n) is 4.57. The van der Waals surface area contributed by atoms with E-state index in [-0.39, 0.29) is 0 Å². The van der Waals surface area contributed by atoms with E-state index in [9.17, 15) is 0 Å². The molecule has 3 heterocycles. The second kappa shape index (κ2) is 7.73. The fourth-order valence-electron chi connectivity index (χ4n) is 3.40. The number of para-hydroxylation sites is 1. The monoisotopic (exact) mass is 387 g/mol. The normalized spacial score (nSPS) is 17.7. The van der Waals surface area contributed by atoms with Crippen molar-refractivity contribution in [1.29, 1.82) is 0 Å². The van der Waals surface area contributed by atoms with Crippen LogP contribution in [0.1, 0.15) is 30.7 Å². The Kier molecular flexibility index (Phi) is 5.19. The second-order valence-corrected chi connectivity index (χ2v) is 7.56. The molecule has 7 heteroatoms. The number of rotatable bonds is 6. The van der Waals surface area contributed by atoms with Crippen LogP contribution in [0, 0.1) is 4.84 Å². The van der Waals surface area contributed by atoms with Crippen LogP contribution in [0.4, 0.5) is 0 Å². The molecule has 26 heavy (non-hydrogen) atoms. The Balaban J connectivity index is 1.59. The van der Waals surface area contributed by atoms with Gasteiger partial charge in [0.1, 0.15) is 5.75 Å². The minimum atomic E-state index is 0.392. The maximum atomic E-state index is 5.79. The van der Waals surface area contributed by atoms with Crippen LogP contribution in [0.5, 0.6) is 5.75 Å². The van der Waals surface area contributed by atoms with Crippen LogP contribution in [-0.2, 0) is 6.67 Å². The first-order valence-corrected chi connectivity index (χ1v) is 10.1. The van der Waals surface area contributed by atoms with Gasteiger partial charge in [-0.05, 0) is 55.6 Å². The number of hydrogen-bond donors (Lipinski definition) is 0. The Hall–Kier alpha value is -1.96. The van der Waals surface area contributed by atoms with Gasteiger partial charge in [0.05, 0.1) is 18.8 Å². The lowest BCUT2D eigenvalue weighted by atomic mass is 10.2. The summed E-state index contributed by atoms with van der Waals surface area (Å²) in [6.07, 6.45) is 2.36. The third kappa shape index (κ3) is 3.47. The number of nitrogens with zero attached hydrogens (tertiary/aromatic N) is 3. The minimum Gasteiger partial charge on any atom is -0.493 e. The number of ether oxygens (including phenoxy) is 1. The standard InChI is InChI=1S/C19H21N3O2S2/c1-2-23-16-9-4-3-7-14(16)18-20-22(19(25)24-18)13-21-11-5-8-15(21)17-10-6-12-26-17/h3-4,6-7,9-10,12,15H,2,5,8,11,13H2,1H3/t15-/m1/s1. The highest BCUT2D eigenvalue weighted by atomic mass is 32.1. The van der Waals surface area contributed by atoms with Crippen LogP contribution in [0.25, 0.3) is 11.5 Å². The predicted octanol–water partition coefficient (Wildman–Crippen LogP) is 5.13. The summed E-state index contributed by atoms with van der Waals surface area (Å²) in [5, 5.41) is 6.77. The van der Waals surface area contributed by atoms with Crippen molar-refractivity contribution in [2.75, 3.05) is 13.2 Å². The maximum absolute atomic E-state index is 5.79. The average Bonchev–Trinajstić information content (AvgIpc) is 3.38. The molecule has 0 amide bonds. The number of hydrogen-bond acceptors (Lipinski definition) is 6. The van der Waals surface area contributed by atoms with E-state index in [1.54, 1.807) is 4.68 Å². The molecule has 0 aliphatic carbocycles. The minimum absolute atomic E-state index is 0.392. The average molecular weight is 388 g/mol. The lowest BCUT2D eigenvalue weighted by molar-refractivity contribution is 0.190.